The molecule has 2 amide bonds. The summed E-state index contributed by atoms with van der Waals surface area (Å²) < 4.78 is 1.93. The first-order valence-electron chi connectivity index (χ1n) is 9.13. The second kappa shape index (κ2) is 9.55. The summed E-state index contributed by atoms with van der Waals surface area (Å²) in [5, 5.41) is 10.5. The van der Waals surface area contributed by atoms with Crippen LogP contribution in [0.5, 0.6) is 0 Å². The van der Waals surface area contributed by atoms with E-state index in [0.717, 1.165) is 24.4 Å². The SMILES string of the molecule is Cc1cc(C)n(CCCNC(=O)[C@@H](NC(=O)c2ccccc2Cl)C(C)C)n1. The van der Waals surface area contributed by atoms with E-state index < -0.39 is 6.04 Å². The van der Waals surface area contributed by atoms with Crippen LogP contribution in [0.15, 0.2) is 30.3 Å². The first-order valence-corrected chi connectivity index (χ1v) is 9.51. The second-order valence-electron chi connectivity index (χ2n) is 6.97. The van der Waals surface area contributed by atoms with Crippen molar-refractivity contribution in [2.75, 3.05) is 6.54 Å². The topological polar surface area (TPSA) is 76.0 Å². The summed E-state index contributed by atoms with van der Waals surface area (Å²) in [6.07, 6.45) is 0.761. The molecule has 6 nitrogen and oxygen atoms in total. The van der Waals surface area contributed by atoms with Crippen molar-refractivity contribution in [3.8, 4) is 0 Å². The molecule has 0 saturated heterocycles. The number of rotatable bonds is 8. The van der Waals surface area contributed by atoms with Gasteiger partial charge in [0.2, 0.25) is 5.91 Å². The third-order valence-corrected chi connectivity index (χ3v) is 4.63. The first-order chi connectivity index (χ1) is 12.8. The minimum absolute atomic E-state index is 0.0487. The van der Waals surface area contributed by atoms with E-state index >= 15 is 0 Å². The van der Waals surface area contributed by atoms with Crippen molar-refractivity contribution < 1.29 is 9.59 Å². The molecule has 1 aromatic carbocycles. The predicted molar refractivity (Wildman–Crippen MR) is 107 cm³/mol. The van der Waals surface area contributed by atoms with Crippen LogP contribution in [0, 0.1) is 19.8 Å². The van der Waals surface area contributed by atoms with E-state index in [1.54, 1.807) is 24.3 Å². The molecule has 2 aromatic rings. The summed E-state index contributed by atoms with van der Waals surface area (Å²) in [5.41, 5.74) is 2.45. The number of halogens is 1. The highest BCUT2D eigenvalue weighted by Gasteiger charge is 2.25. The number of hydrogen-bond acceptors (Lipinski definition) is 3. The molecule has 2 rings (SSSR count). The maximum atomic E-state index is 12.5. The van der Waals surface area contributed by atoms with Crippen LogP contribution >= 0.6 is 11.6 Å². The number of amides is 2. The fraction of sp³-hybridized carbons (Fsp3) is 0.450. The van der Waals surface area contributed by atoms with E-state index in [4.69, 9.17) is 11.6 Å². The molecule has 1 heterocycles. The fourth-order valence-electron chi connectivity index (χ4n) is 2.85. The molecule has 1 aromatic heterocycles. The first kappa shape index (κ1) is 21.0. The van der Waals surface area contributed by atoms with Gasteiger partial charge >= 0.3 is 0 Å². The highest BCUT2D eigenvalue weighted by Crippen LogP contribution is 2.15. The zero-order valence-corrected chi connectivity index (χ0v) is 17.0. The van der Waals surface area contributed by atoms with Crippen molar-refractivity contribution in [1.82, 2.24) is 20.4 Å². The van der Waals surface area contributed by atoms with Crippen LogP contribution in [-0.2, 0) is 11.3 Å². The van der Waals surface area contributed by atoms with E-state index in [9.17, 15) is 9.59 Å². The van der Waals surface area contributed by atoms with Gasteiger partial charge in [-0.25, -0.2) is 0 Å². The molecule has 2 N–H and O–H groups in total. The van der Waals surface area contributed by atoms with Gasteiger partial charge in [0.05, 0.1) is 16.3 Å². The maximum absolute atomic E-state index is 12.5. The minimum atomic E-state index is -0.623. The monoisotopic (exact) mass is 390 g/mol. The van der Waals surface area contributed by atoms with Crippen LogP contribution in [-0.4, -0.2) is 34.2 Å². The molecule has 7 heteroatoms. The van der Waals surface area contributed by atoms with Crippen molar-refractivity contribution in [1.29, 1.82) is 0 Å². The molecule has 0 unspecified atom stereocenters. The molecule has 0 aliphatic carbocycles. The Morgan fingerprint density at radius 3 is 2.52 bits per heavy atom. The van der Waals surface area contributed by atoms with Crippen LogP contribution in [0.25, 0.3) is 0 Å². The molecule has 27 heavy (non-hydrogen) atoms. The summed E-state index contributed by atoms with van der Waals surface area (Å²) in [6, 6.07) is 8.19. The van der Waals surface area contributed by atoms with Gasteiger partial charge in [0.25, 0.3) is 5.91 Å². The van der Waals surface area contributed by atoms with Gasteiger partial charge in [-0.05, 0) is 44.4 Å². The summed E-state index contributed by atoms with van der Waals surface area (Å²) in [7, 11) is 0. The molecular weight excluding hydrogens is 364 g/mol. The fourth-order valence-corrected chi connectivity index (χ4v) is 3.07. The van der Waals surface area contributed by atoms with Crippen LogP contribution in [0.1, 0.15) is 42.0 Å². The van der Waals surface area contributed by atoms with Gasteiger partial charge in [0.15, 0.2) is 0 Å². The average molecular weight is 391 g/mol. The Bertz CT molecular complexity index is 801. The lowest BCUT2D eigenvalue weighted by molar-refractivity contribution is -0.123. The number of carbonyl (C=O) groups excluding carboxylic acids is 2. The highest BCUT2D eigenvalue weighted by molar-refractivity contribution is 6.33. The van der Waals surface area contributed by atoms with Crippen molar-refractivity contribution >= 4 is 23.4 Å². The van der Waals surface area contributed by atoms with Gasteiger partial charge in [0.1, 0.15) is 6.04 Å². The number of nitrogens with zero attached hydrogens (tertiary/aromatic N) is 2. The molecule has 0 bridgehead atoms. The number of benzene rings is 1. The van der Waals surface area contributed by atoms with Crippen molar-refractivity contribution in [2.45, 2.75) is 46.7 Å². The lowest BCUT2D eigenvalue weighted by atomic mass is 10.0. The second-order valence-corrected chi connectivity index (χ2v) is 7.38. The number of carbonyl (C=O) groups is 2. The van der Waals surface area contributed by atoms with Gasteiger partial charge < -0.3 is 10.6 Å². The standard InChI is InChI=1S/C20H27ClN4O2/c1-13(2)18(23-19(26)16-8-5-6-9-17(16)21)20(27)22-10-7-11-25-15(4)12-14(3)24-25/h5-6,8-9,12-13,18H,7,10-11H2,1-4H3,(H,22,27)(H,23,26)/t18-/m0/s1. The molecule has 1 atom stereocenters. The number of hydrogen-bond donors (Lipinski definition) is 2. The summed E-state index contributed by atoms with van der Waals surface area (Å²) in [5.74, 6) is -0.594. The van der Waals surface area contributed by atoms with Crippen LogP contribution in [0.2, 0.25) is 5.02 Å². The highest BCUT2D eigenvalue weighted by atomic mass is 35.5. The van der Waals surface area contributed by atoms with Gasteiger partial charge in [-0.15, -0.1) is 0 Å². The van der Waals surface area contributed by atoms with Crippen LogP contribution in [0.4, 0.5) is 0 Å². The number of nitrogens with one attached hydrogen (secondary N) is 2. The van der Waals surface area contributed by atoms with Crippen molar-refractivity contribution in [2.24, 2.45) is 5.92 Å². The Morgan fingerprint density at radius 1 is 1.22 bits per heavy atom. The summed E-state index contributed by atoms with van der Waals surface area (Å²) >= 11 is 6.07. The Morgan fingerprint density at radius 2 is 1.93 bits per heavy atom. The summed E-state index contributed by atoms with van der Waals surface area (Å²) in [4.78, 5) is 25.0. The molecule has 146 valence electrons. The molecule has 0 radical (unpaired) electrons. The third kappa shape index (κ3) is 5.82. The Hall–Kier alpha value is -2.34. The van der Waals surface area contributed by atoms with Gasteiger partial charge in [-0.3, -0.25) is 14.3 Å². The van der Waals surface area contributed by atoms with Gasteiger partial charge in [0, 0.05) is 18.8 Å². The molecule has 0 saturated carbocycles. The van der Waals surface area contributed by atoms with Crippen LogP contribution in [0.3, 0.4) is 0 Å². The lowest BCUT2D eigenvalue weighted by Gasteiger charge is -2.22. The Kier molecular flexibility index (Phi) is 7.42. The zero-order valence-electron chi connectivity index (χ0n) is 16.3. The Labute approximate surface area is 165 Å². The van der Waals surface area contributed by atoms with E-state index in [2.05, 4.69) is 15.7 Å². The predicted octanol–water partition coefficient (Wildman–Crippen LogP) is 3.11. The molecule has 0 spiro atoms. The summed E-state index contributed by atoms with van der Waals surface area (Å²) in [6.45, 7) is 9.01. The minimum Gasteiger partial charge on any atom is -0.354 e. The molecule has 0 fully saturated rings. The molecule has 0 aliphatic heterocycles. The molecule has 0 aliphatic rings. The maximum Gasteiger partial charge on any atom is 0.253 e. The average Bonchev–Trinajstić information content (AvgIpc) is 2.93. The van der Waals surface area contributed by atoms with E-state index in [0.29, 0.717) is 17.1 Å². The lowest BCUT2D eigenvalue weighted by Crippen LogP contribution is -2.50. The number of aryl methyl sites for hydroxylation is 3. The van der Waals surface area contributed by atoms with E-state index in [1.165, 1.54) is 0 Å². The number of aromatic nitrogens is 2. The van der Waals surface area contributed by atoms with Crippen molar-refractivity contribution in [3.63, 3.8) is 0 Å². The van der Waals surface area contributed by atoms with Crippen LogP contribution < -0.4 is 10.6 Å². The van der Waals surface area contributed by atoms with Gasteiger partial charge in [-0.1, -0.05) is 37.6 Å². The molecular formula is C20H27ClN4O2. The van der Waals surface area contributed by atoms with Crippen molar-refractivity contribution in [3.05, 3.63) is 52.3 Å². The quantitative estimate of drug-likeness (QED) is 0.680. The Balaban J connectivity index is 1.88. The van der Waals surface area contributed by atoms with E-state index in [1.807, 2.05) is 38.4 Å². The third-order valence-electron chi connectivity index (χ3n) is 4.30. The van der Waals surface area contributed by atoms with Gasteiger partial charge in [-0.2, -0.15) is 5.10 Å². The van der Waals surface area contributed by atoms with E-state index in [-0.39, 0.29) is 17.7 Å². The smallest absolute Gasteiger partial charge is 0.253 e. The largest absolute Gasteiger partial charge is 0.354 e. The normalized spacial score (nSPS) is 12.1. The zero-order chi connectivity index (χ0) is 20.0.